The summed E-state index contributed by atoms with van der Waals surface area (Å²) in [6, 6.07) is 3.45. The Labute approximate surface area is 93.3 Å². The maximum Gasteiger partial charge on any atom is 0.427 e. The minimum Gasteiger partial charge on any atom is -0.464 e. The van der Waals surface area contributed by atoms with Crippen LogP contribution < -0.4 is 16.5 Å². The topological polar surface area (TPSA) is 112 Å². The number of benzene rings is 1. The maximum atomic E-state index is 13.0. The summed E-state index contributed by atoms with van der Waals surface area (Å²) in [5.41, 5.74) is -0.688. The van der Waals surface area contributed by atoms with Gasteiger partial charge < -0.3 is 10.1 Å². The first-order valence-corrected chi connectivity index (χ1v) is 4.46. The summed E-state index contributed by atoms with van der Waals surface area (Å²) in [5.74, 6) is 4.42. The molecular weight excluding hydrogens is 231 g/mol. The Bertz CT molecular complexity index is 654. The molecule has 7 nitrogen and oxygen atoms in total. The van der Waals surface area contributed by atoms with E-state index in [4.69, 9.17) is 10.9 Å². The van der Waals surface area contributed by atoms with E-state index in [-0.39, 0.29) is 16.7 Å². The third-order valence-electron chi connectivity index (χ3n) is 2.11. The molecule has 1 amide bonds. The smallest absolute Gasteiger partial charge is 0.427 e. The van der Waals surface area contributed by atoms with Crippen molar-refractivity contribution in [3.05, 3.63) is 34.5 Å². The Kier molecular flexibility index (Phi) is 2.48. The molecule has 4 N–H and O–H groups in total. The van der Waals surface area contributed by atoms with Crippen LogP contribution in [0, 0.1) is 5.82 Å². The van der Waals surface area contributed by atoms with Crippen molar-refractivity contribution in [3.63, 3.8) is 0 Å². The molecule has 1 aromatic heterocycles. The average Bonchev–Trinajstić information content (AvgIpc) is 2.26. The van der Waals surface area contributed by atoms with E-state index < -0.39 is 17.6 Å². The van der Waals surface area contributed by atoms with E-state index in [1.165, 1.54) is 6.07 Å². The molecule has 0 aliphatic rings. The van der Waals surface area contributed by atoms with Gasteiger partial charge in [0, 0.05) is 5.39 Å². The van der Waals surface area contributed by atoms with E-state index in [9.17, 15) is 14.0 Å². The lowest BCUT2D eigenvalue weighted by atomic mass is 10.2. The quantitative estimate of drug-likeness (QED) is 0.378. The summed E-state index contributed by atoms with van der Waals surface area (Å²) < 4.78 is 13.0. The predicted octanol–water partition coefficient (Wildman–Crippen LogP) is 0.420. The average molecular weight is 238 g/mol. The van der Waals surface area contributed by atoms with Crippen LogP contribution in [-0.2, 0) is 0 Å². The van der Waals surface area contributed by atoms with Crippen molar-refractivity contribution in [2.75, 3.05) is 5.01 Å². The van der Waals surface area contributed by atoms with Gasteiger partial charge in [-0.2, -0.15) is 9.99 Å². The number of H-pyrrole nitrogens is 1. The second-order valence-electron chi connectivity index (χ2n) is 3.21. The van der Waals surface area contributed by atoms with E-state index in [1.54, 1.807) is 0 Å². The van der Waals surface area contributed by atoms with Gasteiger partial charge in [0.05, 0.1) is 5.52 Å². The highest BCUT2D eigenvalue weighted by atomic mass is 19.1. The molecule has 0 unspecified atom stereocenters. The summed E-state index contributed by atoms with van der Waals surface area (Å²) in [4.78, 5) is 27.6. The zero-order valence-electron chi connectivity index (χ0n) is 8.35. The number of nitrogens with zero attached hydrogens (tertiary/aromatic N) is 2. The Morgan fingerprint density at radius 3 is 2.88 bits per heavy atom. The Hall–Kier alpha value is -2.48. The normalized spacial score (nSPS) is 10.5. The molecule has 0 saturated heterocycles. The SMILES string of the molecule is NN(C(=O)O)c1nc(=O)[nH]c2cc(F)ccc12. The second-order valence-corrected chi connectivity index (χ2v) is 3.21. The Balaban J connectivity index is 2.78. The largest absolute Gasteiger partial charge is 0.464 e. The highest BCUT2D eigenvalue weighted by molar-refractivity contribution is 5.96. The molecule has 0 aliphatic carbocycles. The zero-order chi connectivity index (χ0) is 12.6. The number of anilines is 1. The van der Waals surface area contributed by atoms with E-state index in [2.05, 4.69) is 9.97 Å². The molecule has 0 saturated carbocycles. The molecule has 0 bridgehead atoms. The lowest BCUT2D eigenvalue weighted by molar-refractivity contribution is 0.202. The molecule has 0 aliphatic heterocycles. The van der Waals surface area contributed by atoms with Gasteiger partial charge in [0.15, 0.2) is 5.82 Å². The summed E-state index contributed by atoms with van der Waals surface area (Å²) >= 11 is 0. The van der Waals surface area contributed by atoms with Gasteiger partial charge in [-0.3, -0.25) is 0 Å². The number of halogens is 1. The maximum absolute atomic E-state index is 13.0. The van der Waals surface area contributed by atoms with Crippen molar-refractivity contribution in [2.24, 2.45) is 5.84 Å². The van der Waals surface area contributed by atoms with Crippen LogP contribution in [-0.4, -0.2) is 21.2 Å². The van der Waals surface area contributed by atoms with Crippen LogP contribution in [0.5, 0.6) is 0 Å². The standard InChI is InChI=1S/C9H7FN4O3/c10-4-1-2-5-6(3-4)12-8(15)13-7(5)14(11)9(16)17/h1-3H,11H2,(H,16,17)(H,12,13,15). The fourth-order valence-corrected chi connectivity index (χ4v) is 1.39. The molecule has 0 fully saturated rings. The highest BCUT2D eigenvalue weighted by Gasteiger charge is 2.16. The number of carbonyl (C=O) groups is 1. The van der Waals surface area contributed by atoms with Crippen LogP contribution in [0.3, 0.4) is 0 Å². The number of carboxylic acid groups (broad SMARTS) is 1. The number of fused-ring (bicyclic) bond motifs is 1. The first kappa shape index (κ1) is 11.0. The van der Waals surface area contributed by atoms with E-state index in [0.29, 0.717) is 5.01 Å². The molecule has 1 heterocycles. The number of hydrogen-bond donors (Lipinski definition) is 3. The zero-order valence-corrected chi connectivity index (χ0v) is 8.35. The van der Waals surface area contributed by atoms with E-state index >= 15 is 0 Å². The lowest BCUT2D eigenvalue weighted by Crippen LogP contribution is -2.38. The number of hydrogen-bond acceptors (Lipinski definition) is 4. The number of nitrogens with two attached hydrogens (primary N) is 1. The highest BCUT2D eigenvalue weighted by Crippen LogP contribution is 2.20. The molecule has 88 valence electrons. The van der Waals surface area contributed by atoms with Crippen molar-refractivity contribution < 1.29 is 14.3 Å². The van der Waals surface area contributed by atoms with Crippen molar-refractivity contribution in [3.8, 4) is 0 Å². The van der Waals surface area contributed by atoms with Gasteiger partial charge in [-0.25, -0.2) is 19.8 Å². The van der Waals surface area contributed by atoms with E-state index in [0.717, 1.165) is 12.1 Å². The molecule has 2 rings (SSSR count). The molecule has 0 spiro atoms. The van der Waals surface area contributed by atoms with Crippen molar-refractivity contribution in [2.45, 2.75) is 0 Å². The van der Waals surface area contributed by atoms with Gasteiger partial charge in [0.25, 0.3) is 0 Å². The van der Waals surface area contributed by atoms with Crippen LogP contribution in [0.15, 0.2) is 23.0 Å². The number of aromatic amines is 1. The van der Waals surface area contributed by atoms with Crippen LogP contribution >= 0.6 is 0 Å². The first-order valence-electron chi connectivity index (χ1n) is 4.46. The van der Waals surface area contributed by atoms with Gasteiger partial charge in [-0.05, 0) is 18.2 Å². The van der Waals surface area contributed by atoms with Crippen LogP contribution in [0.25, 0.3) is 10.9 Å². The number of rotatable bonds is 1. The van der Waals surface area contributed by atoms with Gasteiger partial charge in [0.1, 0.15) is 5.82 Å². The fourth-order valence-electron chi connectivity index (χ4n) is 1.39. The molecule has 1 aromatic carbocycles. The summed E-state index contributed by atoms with van der Waals surface area (Å²) in [5, 5.41) is 9.25. The predicted molar refractivity (Wildman–Crippen MR) is 57.0 cm³/mol. The lowest BCUT2D eigenvalue weighted by Gasteiger charge is -2.12. The van der Waals surface area contributed by atoms with E-state index in [1.807, 2.05) is 0 Å². The number of hydrazine groups is 1. The Morgan fingerprint density at radius 1 is 1.53 bits per heavy atom. The fraction of sp³-hybridized carbons (Fsp3) is 0. The molecular formula is C9H7FN4O3. The van der Waals surface area contributed by atoms with Crippen LogP contribution in [0.2, 0.25) is 0 Å². The summed E-state index contributed by atoms with van der Waals surface area (Å²) in [6.07, 6.45) is -1.48. The summed E-state index contributed by atoms with van der Waals surface area (Å²) in [7, 11) is 0. The number of nitrogens with one attached hydrogen (secondary N) is 1. The van der Waals surface area contributed by atoms with Gasteiger partial charge in [-0.15, -0.1) is 0 Å². The molecule has 0 atom stereocenters. The van der Waals surface area contributed by atoms with Crippen molar-refractivity contribution in [1.29, 1.82) is 0 Å². The molecule has 0 radical (unpaired) electrons. The second kappa shape index (κ2) is 3.83. The monoisotopic (exact) mass is 238 g/mol. The third-order valence-corrected chi connectivity index (χ3v) is 2.11. The van der Waals surface area contributed by atoms with Gasteiger partial charge in [0.2, 0.25) is 0 Å². The number of aromatic nitrogens is 2. The van der Waals surface area contributed by atoms with Crippen LogP contribution in [0.4, 0.5) is 15.0 Å². The number of amides is 1. The van der Waals surface area contributed by atoms with Crippen LogP contribution in [0.1, 0.15) is 0 Å². The van der Waals surface area contributed by atoms with Gasteiger partial charge >= 0.3 is 11.8 Å². The first-order chi connectivity index (χ1) is 7.99. The molecule has 17 heavy (non-hydrogen) atoms. The van der Waals surface area contributed by atoms with Crippen molar-refractivity contribution in [1.82, 2.24) is 9.97 Å². The Morgan fingerprint density at radius 2 is 2.24 bits per heavy atom. The minimum absolute atomic E-state index is 0.122. The molecule has 8 heteroatoms. The molecule has 2 aromatic rings. The van der Waals surface area contributed by atoms with Crippen molar-refractivity contribution >= 4 is 22.8 Å². The summed E-state index contributed by atoms with van der Waals surface area (Å²) in [6.45, 7) is 0. The van der Waals surface area contributed by atoms with Gasteiger partial charge in [-0.1, -0.05) is 0 Å². The minimum atomic E-state index is -1.48. The third kappa shape index (κ3) is 1.93.